The Labute approximate surface area is 181 Å². The Balaban J connectivity index is 1.87. The Morgan fingerprint density at radius 3 is 2.42 bits per heavy atom. The van der Waals surface area contributed by atoms with Crippen molar-refractivity contribution in [2.45, 2.75) is 32.4 Å². The maximum atomic E-state index is 12.8. The van der Waals surface area contributed by atoms with E-state index in [1.54, 1.807) is 11.6 Å². The summed E-state index contributed by atoms with van der Waals surface area (Å²) in [5.74, 6) is 0.623. The number of rotatable bonds is 6. The highest BCUT2D eigenvalue weighted by Crippen LogP contribution is 2.29. The van der Waals surface area contributed by atoms with Crippen LogP contribution in [-0.4, -0.2) is 37.9 Å². The van der Waals surface area contributed by atoms with Crippen LogP contribution < -0.4 is 11.2 Å². The van der Waals surface area contributed by atoms with Crippen molar-refractivity contribution in [2.24, 2.45) is 21.1 Å². The molecule has 31 heavy (non-hydrogen) atoms. The molecule has 0 spiro atoms. The first-order valence-electron chi connectivity index (χ1n) is 10.4. The zero-order valence-electron chi connectivity index (χ0n) is 19.0. The van der Waals surface area contributed by atoms with Gasteiger partial charge in [0.25, 0.3) is 5.56 Å². The van der Waals surface area contributed by atoms with Crippen molar-refractivity contribution < 1.29 is 4.74 Å². The molecule has 0 saturated heterocycles. The van der Waals surface area contributed by atoms with Gasteiger partial charge < -0.3 is 13.9 Å². The van der Waals surface area contributed by atoms with Crippen molar-refractivity contribution in [2.75, 3.05) is 6.61 Å². The van der Waals surface area contributed by atoms with Gasteiger partial charge in [-0.15, -0.1) is 0 Å². The van der Waals surface area contributed by atoms with E-state index in [9.17, 15) is 9.59 Å². The molecule has 0 aliphatic heterocycles. The zero-order valence-corrected chi connectivity index (χ0v) is 20.0. The summed E-state index contributed by atoms with van der Waals surface area (Å²) in [4.78, 5) is 29.9. The molecule has 0 fully saturated rings. The molecule has 4 rings (SSSR count). The largest absolute Gasteiger partial charge is 0.361 e. The van der Waals surface area contributed by atoms with E-state index in [0.29, 0.717) is 30.3 Å². The average Bonchev–Trinajstić information content (AvgIpc) is 3.25. The Hall–Kier alpha value is -2.91. The van der Waals surface area contributed by atoms with Gasteiger partial charge >= 0.3 is 5.69 Å². The number of aromatic nitrogens is 5. The van der Waals surface area contributed by atoms with Crippen LogP contribution in [0.15, 0.2) is 39.9 Å². The van der Waals surface area contributed by atoms with E-state index in [2.05, 4.69) is 42.4 Å². The lowest BCUT2D eigenvalue weighted by atomic mass is 10.2. The third kappa shape index (κ3) is 3.68. The highest BCUT2D eigenvalue weighted by Gasteiger charge is 2.21. The number of nitrogens with zero attached hydrogens (tertiary/aromatic N) is 5. The molecule has 0 aliphatic rings. The third-order valence-corrected chi connectivity index (χ3v) is 7.44. The van der Waals surface area contributed by atoms with Crippen molar-refractivity contribution in [1.82, 2.24) is 23.3 Å². The van der Waals surface area contributed by atoms with Crippen LogP contribution >= 0.6 is 0 Å². The molecule has 3 heterocycles. The van der Waals surface area contributed by atoms with E-state index < -0.39 is 13.8 Å². The Morgan fingerprint density at radius 1 is 1.00 bits per heavy atom. The summed E-state index contributed by atoms with van der Waals surface area (Å²) in [5, 5.41) is 1.07. The van der Waals surface area contributed by atoms with E-state index in [-0.39, 0.29) is 5.56 Å². The molecule has 8 nitrogen and oxygen atoms in total. The Bertz CT molecular complexity index is 1400. The minimum atomic E-state index is -1.19. The highest BCUT2D eigenvalue weighted by molar-refractivity contribution is 6.76. The quantitative estimate of drug-likeness (QED) is 0.342. The van der Waals surface area contributed by atoms with Gasteiger partial charge in [0.1, 0.15) is 6.73 Å². The number of fused-ring (bicyclic) bond motifs is 2. The van der Waals surface area contributed by atoms with Crippen molar-refractivity contribution in [3.8, 4) is 11.5 Å². The fourth-order valence-electron chi connectivity index (χ4n) is 3.82. The lowest BCUT2D eigenvalue weighted by Gasteiger charge is -2.16. The molecule has 9 heteroatoms. The van der Waals surface area contributed by atoms with Crippen molar-refractivity contribution in [3.63, 3.8) is 0 Å². The molecule has 0 radical (unpaired) electrons. The maximum Gasteiger partial charge on any atom is 0.332 e. The van der Waals surface area contributed by atoms with Crippen LogP contribution in [0.3, 0.4) is 0 Å². The molecule has 1 aromatic carbocycles. The van der Waals surface area contributed by atoms with Crippen LogP contribution in [0.25, 0.3) is 33.6 Å². The normalized spacial score (nSPS) is 12.3. The van der Waals surface area contributed by atoms with Crippen LogP contribution in [0.5, 0.6) is 0 Å². The molecule has 0 bridgehead atoms. The standard InChI is InChI=1S/C22H29N5O3Si/c1-24-18-20(25(2)22(29)26(3)21(18)28)23-19(24)17-13-15-9-7-8-10-16(15)27(17)14-30-11-12-31(4,5)6/h7-10,13H,11-12,14H2,1-6H3. The number of ether oxygens (including phenoxy) is 1. The molecular weight excluding hydrogens is 410 g/mol. The third-order valence-electron chi connectivity index (χ3n) is 5.73. The lowest BCUT2D eigenvalue weighted by Crippen LogP contribution is -2.37. The smallest absolute Gasteiger partial charge is 0.332 e. The monoisotopic (exact) mass is 439 g/mol. The number of benzene rings is 1. The van der Waals surface area contributed by atoms with E-state index in [4.69, 9.17) is 9.72 Å². The summed E-state index contributed by atoms with van der Waals surface area (Å²) >= 11 is 0. The van der Waals surface area contributed by atoms with Crippen LogP contribution in [0.2, 0.25) is 25.7 Å². The van der Waals surface area contributed by atoms with Crippen molar-refractivity contribution in [3.05, 3.63) is 51.2 Å². The first kappa shape index (κ1) is 21.3. The minimum absolute atomic E-state index is 0.353. The van der Waals surface area contributed by atoms with Crippen LogP contribution in [0.4, 0.5) is 0 Å². The number of hydrogen-bond acceptors (Lipinski definition) is 4. The lowest BCUT2D eigenvalue weighted by molar-refractivity contribution is 0.0911. The summed E-state index contributed by atoms with van der Waals surface area (Å²) in [6.07, 6.45) is 0. The topological polar surface area (TPSA) is 76.0 Å². The molecule has 164 valence electrons. The second-order valence-corrected chi connectivity index (χ2v) is 14.9. The second-order valence-electron chi connectivity index (χ2n) is 9.24. The van der Waals surface area contributed by atoms with Gasteiger partial charge in [0, 0.05) is 41.2 Å². The fraction of sp³-hybridized carbons (Fsp3) is 0.409. The van der Waals surface area contributed by atoms with Gasteiger partial charge in [0.2, 0.25) is 0 Å². The van der Waals surface area contributed by atoms with Gasteiger partial charge in [-0.05, 0) is 18.2 Å². The second kappa shape index (κ2) is 7.65. The Kier molecular flexibility index (Phi) is 5.26. The van der Waals surface area contributed by atoms with Gasteiger partial charge in [-0.1, -0.05) is 37.8 Å². The molecule has 0 aliphatic carbocycles. The minimum Gasteiger partial charge on any atom is -0.361 e. The van der Waals surface area contributed by atoms with E-state index in [1.807, 2.05) is 19.2 Å². The summed E-state index contributed by atoms with van der Waals surface area (Å²) in [6.45, 7) is 8.10. The summed E-state index contributed by atoms with van der Waals surface area (Å²) < 4.78 is 12.4. The van der Waals surface area contributed by atoms with E-state index in [1.165, 1.54) is 11.6 Å². The molecule has 0 amide bonds. The molecule has 0 N–H and O–H groups in total. The summed E-state index contributed by atoms with van der Waals surface area (Å²) in [6, 6.07) is 11.2. The zero-order chi connectivity index (χ0) is 22.5. The predicted octanol–water partition coefficient (Wildman–Crippen LogP) is 2.90. The molecule has 0 atom stereocenters. The highest BCUT2D eigenvalue weighted by atomic mass is 28.3. The van der Waals surface area contributed by atoms with Crippen molar-refractivity contribution >= 4 is 30.1 Å². The predicted molar refractivity (Wildman–Crippen MR) is 126 cm³/mol. The van der Waals surface area contributed by atoms with Crippen LogP contribution in [0.1, 0.15) is 0 Å². The van der Waals surface area contributed by atoms with Gasteiger partial charge in [0.05, 0.1) is 11.2 Å². The average molecular weight is 440 g/mol. The molecular formula is C22H29N5O3Si. The Morgan fingerprint density at radius 2 is 1.71 bits per heavy atom. The SMILES string of the molecule is Cn1c(=O)c2c(nc(-c3cc4ccccc4n3COCC[Si](C)(C)C)n2C)n(C)c1=O. The van der Waals surface area contributed by atoms with Gasteiger partial charge in [-0.3, -0.25) is 13.9 Å². The number of hydrogen-bond donors (Lipinski definition) is 0. The number of para-hydroxylation sites is 1. The van der Waals surface area contributed by atoms with Gasteiger partial charge in [-0.2, -0.15) is 0 Å². The van der Waals surface area contributed by atoms with Crippen molar-refractivity contribution in [1.29, 1.82) is 0 Å². The fourth-order valence-corrected chi connectivity index (χ4v) is 4.57. The molecule has 4 aromatic rings. The van der Waals surface area contributed by atoms with E-state index in [0.717, 1.165) is 27.2 Å². The summed E-state index contributed by atoms with van der Waals surface area (Å²) in [7, 11) is 3.75. The first-order valence-corrected chi connectivity index (χ1v) is 14.1. The molecule has 3 aromatic heterocycles. The van der Waals surface area contributed by atoms with Crippen LogP contribution in [0, 0.1) is 0 Å². The molecule has 0 saturated carbocycles. The van der Waals surface area contributed by atoms with E-state index >= 15 is 0 Å². The number of imidazole rings is 1. The first-order chi connectivity index (χ1) is 14.6. The number of aryl methyl sites for hydroxylation is 2. The van der Waals surface area contributed by atoms with Gasteiger partial charge in [-0.25, -0.2) is 9.78 Å². The van der Waals surface area contributed by atoms with Crippen LogP contribution in [-0.2, 0) is 32.6 Å². The molecule has 0 unspecified atom stereocenters. The maximum absolute atomic E-state index is 12.8. The van der Waals surface area contributed by atoms with Gasteiger partial charge in [0.15, 0.2) is 17.0 Å². The summed E-state index contributed by atoms with van der Waals surface area (Å²) in [5.41, 5.74) is 1.92.